The molecular weight excluding hydrogens is 385 g/mol. The van der Waals surface area contributed by atoms with Crippen LogP contribution in [0.3, 0.4) is 0 Å². The third kappa shape index (κ3) is 6.51. The van der Waals surface area contributed by atoms with Crippen molar-refractivity contribution < 1.29 is 22.4 Å². The van der Waals surface area contributed by atoms with Gasteiger partial charge < -0.3 is 14.6 Å². The van der Waals surface area contributed by atoms with E-state index < -0.39 is 21.1 Å². The molecule has 0 bridgehead atoms. The van der Waals surface area contributed by atoms with Crippen LogP contribution in [0.15, 0.2) is 23.4 Å². The molecule has 1 aromatic rings. The summed E-state index contributed by atoms with van der Waals surface area (Å²) in [5.74, 6) is 0. The summed E-state index contributed by atoms with van der Waals surface area (Å²) in [5, 5.41) is 7.28. The molecular formula is C20H31F3N2O2Si. The third-order valence-electron chi connectivity index (χ3n) is 5.38. The van der Waals surface area contributed by atoms with Gasteiger partial charge in [0.15, 0.2) is 8.32 Å². The van der Waals surface area contributed by atoms with Crippen LogP contribution in [0, 0.1) is 0 Å². The second-order valence-corrected chi connectivity index (χ2v) is 13.5. The Kier molecular flexibility index (Phi) is 7.20. The van der Waals surface area contributed by atoms with Crippen LogP contribution >= 0.6 is 0 Å². The molecule has 0 fully saturated rings. The van der Waals surface area contributed by atoms with Crippen LogP contribution in [-0.4, -0.2) is 40.0 Å². The second-order valence-electron chi connectivity index (χ2n) is 8.69. The fourth-order valence-electron chi connectivity index (χ4n) is 2.77. The van der Waals surface area contributed by atoms with Gasteiger partial charge >= 0.3 is 6.18 Å². The molecule has 0 aliphatic heterocycles. The summed E-state index contributed by atoms with van der Waals surface area (Å²) >= 11 is 0. The van der Waals surface area contributed by atoms with E-state index in [1.807, 2.05) is 18.2 Å². The van der Waals surface area contributed by atoms with E-state index in [2.05, 4.69) is 49.2 Å². The molecule has 0 unspecified atom stereocenters. The van der Waals surface area contributed by atoms with Crippen molar-refractivity contribution in [3.8, 4) is 0 Å². The molecule has 0 saturated carbocycles. The minimum atomic E-state index is -4.37. The predicted octanol–water partition coefficient (Wildman–Crippen LogP) is 5.74. The number of hydrogen-bond acceptors (Lipinski definition) is 4. The molecule has 0 atom stereocenters. The molecule has 1 aromatic carbocycles. The fourth-order valence-corrected chi connectivity index (χ4v) is 3.81. The van der Waals surface area contributed by atoms with Crippen molar-refractivity contribution in [2.75, 3.05) is 25.1 Å². The number of aryl methyl sites for hydroxylation is 1. The first-order valence-electron chi connectivity index (χ1n) is 9.66. The van der Waals surface area contributed by atoms with Crippen LogP contribution in [0.25, 0.3) is 0 Å². The topological polar surface area (TPSA) is 42.8 Å². The molecule has 158 valence electrons. The lowest BCUT2D eigenvalue weighted by atomic mass is 9.90. The monoisotopic (exact) mass is 416 g/mol. The normalized spacial score (nSPS) is 16.8. The Morgan fingerprint density at radius 2 is 1.86 bits per heavy atom. The molecule has 0 saturated heterocycles. The van der Waals surface area contributed by atoms with Crippen LogP contribution in [0.4, 0.5) is 18.9 Å². The first kappa shape index (κ1) is 22.7. The summed E-state index contributed by atoms with van der Waals surface area (Å²) in [5.41, 5.74) is 3.51. The highest BCUT2D eigenvalue weighted by molar-refractivity contribution is 6.74. The van der Waals surface area contributed by atoms with E-state index in [0.717, 1.165) is 29.7 Å². The number of nitrogens with one attached hydrogen (secondary N) is 1. The van der Waals surface area contributed by atoms with Crippen molar-refractivity contribution in [2.45, 2.75) is 64.3 Å². The average Bonchev–Trinajstić information content (AvgIpc) is 2.56. The van der Waals surface area contributed by atoms with Gasteiger partial charge in [0.1, 0.15) is 0 Å². The van der Waals surface area contributed by atoms with Crippen molar-refractivity contribution in [1.82, 2.24) is 0 Å². The summed E-state index contributed by atoms with van der Waals surface area (Å²) in [6.45, 7) is 11.1. The maximum absolute atomic E-state index is 12.2. The number of rotatable bonds is 7. The zero-order valence-electron chi connectivity index (χ0n) is 17.4. The summed E-state index contributed by atoms with van der Waals surface area (Å²) in [6.07, 6.45) is -2.03. The van der Waals surface area contributed by atoms with Crippen molar-refractivity contribution in [3.63, 3.8) is 0 Å². The molecule has 0 radical (unpaired) electrons. The van der Waals surface area contributed by atoms with Gasteiger partial charge in [-0.3, -0.25) is 0 Å². The van der Waals surface area contributed by atoms with Gasteiger partial charge in [0.25, 0.3) is 0 Å². The Bertz CT molecular complexity index is 698. The first-order valence-corrected chi connectivity index (χ1v) is 12.6. The fraction of sp³-hybridized carbons (Fsp3) is 0.650. The van der Waals surface area contributed by atoms with Crippen molar-refractivity contribution in [2.24, 2.45) is 5.16 Å². The molecule has 1 N–H and O–H groups in total. The largest absolute Gasteiger partial charge is 0.425 e. The van der Waals surface area contributed by atoms with Gasteiger partial charge in [0, 0.05) is 17.8 Å². The maximum Gasteiger partial charge on any atom is 0.425 e. The average molecular weight is 417 g/mol. The van der Waals surface area contributed by atoms with E-state index in [1.165, 1.54) is 0 Å². The van der Waals surface area contributed by atoms with Crippen LogP contribution in [0.2, 0.25) is 18.1 Å². The molecule has 8 heteroatoms. The van der Waals surface area contributed by atoms with E-state index in [0.29, 0.717) is 25.3 Å². The lowest BCUT2D eigenvalue weighted by Crippen LogP contribution is -2.41. The second kappa shape index (κ2) is 8.86. The maximum atomic E-state index is 12.2. The molecule has 0 spiro atoms. The Balaban J connectivity index is 1.93. The van der Waals surface area contributed by atoms with Gasteiger partial charge in [0.2, 0.25) is 6.61 Å². The lowest BCUT2D eigenvalue weighted by molar-refractivity contribution is -0.173. The summed E-state index contributed by atoms with van der Waals surface area (Å²) < 4.78 is 42.9. The Morgan fingerprint density at radius 1 is 1.14 bits per heavy atom. The molecule has 28 heavy (non-hydrogen) atoms. The van der Waals surface area contributed by atoms with Gasteiger partial charge in [-0.05, 0) is 55.1 Å². The van der Waals surface area contributed by atoms with E-state index in [4.69, 9.17) is 4.43 Å². The highest BCUT2D eigenvalue weighted by Gasteiger charge is 2.36. The van der Waals surface area contributed by atoms with Gasteiger partial charge in [0.05, 0.1) is 12.3 Å². The Labute approximate surface area is 166 Å². The number of benzene rings is 1. The Morgan fingerprint density at radius 3 is 2.50 bits per heavy atom. The third-order valence-corrected chi connectivity index (χ3v) is 9.92. The number of fused-ring (bicyclic) bond motifs is 1. The number of nitrogens with zero attached hydrogens (tertiary/aromatic N) is 1. The minimum Gasteiger partial charge on any atom is -0.415 e. The number of hydrogen-bond donors (Lipinski definition) is 1. The van der Waals surface area contributed by atoms with Gasteiger partial charge in [-0.15, -0.1) is 0 Å². The summed E-state index contributed by atoms with van der Waals surface area (Å²) in [4.78, 5) is 4.50. The van der Waals surface area contributed by atoms with E-state index in [9.17, 15) is 13.2 Å². The Hall–Kier alpha value is -1.54. The predicted molar refractivity (Wildman–Crippen MR) is 110 cm³/mol. The highest BCUT2D eigenvalue weighted by Crippen LogP contribution is 2.36. The zero-order chi connectivity index (χ0) is 21.0. The van der Waals surface area contributed by atoms with Gasteiger partial charge in [-0.2, -0.15) is 13.2 Å². The van der Waals surface area contributed by atoms with Gasteiger partial charge in [-0.1, -0.05) is 32.0 Å². The van der Waals surface area contributed by atoms with Crippen molar-refractivity contribution in [1.29, 1.82) is 0 Å². The lowest BCUT2D eigenvalue weighted by Gasteiger charge is -2.36. The zero-order valence-corrected chi connectivity index (χ0v) is 18.4. The summed E-state index contributed by atoms with van der Waals surface area (Å²) in [6, 6.07) is 5.87. The highest BCUT2D eigenvalue weighted by atomic mass is 28.4. The van der Waals surface area contributed by atoms with Crippen LogP contribution in [0.5, 0.6) is 0 Å². The number of anilines is 1. The molecule has 0 amide bonds. The standard InChI is InChI=1S/C20H31F3N2O2Si/c1-19(2,3)28(4,5)27-12-11-24-16-9-10-17-15(13-16)7-6-8-18(17)25-26-14-20(21,22)23/h9-10,13,24H,6-8,11-12,14H2,1-5H3. The molecule has 0 aromatic heterocycles. The van der Waals surface area contributed by atoms with Crippen LogP contribution in [0.1, 0.15) is 44.7 Å². The number of oxime groups is 1. The van der Waals surface area contributed by atoms with Crippen molar-refractivity contribution >= 4 is 19.7 Å². The molecule has 1 aliphatic carbocycles. The smallest absolute Gasteiger partial charge is 0.415 e. The van der Waals surface area contributed by atoms with E-state index in [1.54, 1.807) is 0 Å². The van der Waals surface area contributed by atoms with Gasteiger partial charge in [-0.25, -0.2) is 0 Å². The number of alkyl halides is 3. The van der Waals surface area contributed by atoms with Crippen LogP contribution < -0.4 is 5.32 Å². The van der Waals surface area contributed by atoms with Crippen molar-refractivity contribution in [3.05, 3.63) is 29.3 Å². The van der Waals surface area contributed by atoms with E-state index >= 15 is 0 Å². The molecule has 1 aliphatic rings. The molecule has 0 heterocycles. The van der Waals surface area contributed by atoms with Crippen LogP contribution in [-0.2, 0) is 15.7 Å². The SMILES string of the molecule is CC(C)(C)[Si](C)(C)OCCNc1ccc2c(c1)CCCC2=NOCC(F)(F)F. The number of halogens is 3. The first-order chi connectivity index (χ1) is 12.9. The summed E-state index contributed by atoms with van der Waals surface area (Å²) in [7, 11) is -1.75. The quantitative estimate of drug-likeness (QED) is 0.350. The van der Waals surface area contributed by atoms with E-state index in [-0.39, 0.29) is 5.04 Å². The molecule has 4 nitrogen and oxygen atoms in total. The molecule has 2 rings (SSSR count). The minimum absolute atomic E-state index is 0.183.